The lowest BCUT2D eigenvalue weighted by atomic mass is 10.0. The van der Waals surface area contributed by atoms with Crippen molar-refractivity contribution < 1.29 is 29.6 Å². The lowest BCUT2D eigenvalue weighted by molar-refractivity contribution is -0.0550. The van der Waals surface area contributed by atoms with Crippen molar-refractivity contribution in [3.63, 3.8) is 0 Å². The third-order valence-electron chi connectivity index (χ3n) is 7.22. The van der Waals surface area contributed by atoms with E-state index in [0.29, 0.717) is 0 Å². The van der Waals surface area contributed by atoms with E-state index in [-0.39, 0.29) is 18.0 Å². The first kappa shape index (κ1) is 32.2. The molecule has 0 aromatic carbocycles. The molecule has 0 unspecified atom stereocenters. The minimum atomic E-state index is -1.48. The van der Waals surface area contributed by atoms with Gasteiger partial charge in [-0.2, -0.15) is 4.98 Å². The van der Waals surface area contributed by atoms with Crippen LogP contribution in [0.3, 0.4) is 0 Å². The number of ether oxygens (including phenoxy) is 2. The highest BCUT2D eigenvalue weighted by Crippen LogP contribution is 2.28. The summed E-state index contributed by atoms with van der Waals surface area (Å²) in [7, 11) is 0. The third-order valence-corrected chi connectivity index (χ3v) is 7.22. The van der Waals surface area contributed by atoms with Crippen LogP contribution >= 0.6 is 0 Å². The Morgan fingerprint density at radius 2 is 1.42 bits per heavy atom. The Morgan fingerprint density at radius 1 is 0.921 bits per heavy atom. The number of carbonyl (C=O) groups excluding carboxylic acids is 1. The van der Waals surface area contributed by atoms with Crippen LogP contribution in [0.4, 0.5) is 5.82 Å². The van der Waals surface area contributed by atoms with Crippen LogP contribution in [-0.4, -0.2) is 62.4 Å². The molecule has 0 spiro atoms. The zero-order valence-electron chi connectivity index (χ0n) is 23.1. The second-order valence-corrected chi connectivity index (χ2v) is 10.4. The Labute approximate surface area is 226 Å². The molecule has 2 heterocycles. The molecule has 4 atom stereocenters. The van der Waals surface area contributed by atoms with Crippen molar-refractivity contribution in [3.8, 4) is 0 Å². The van der Waals surface area contributed by atoms with Gasteiger partial charge in [0.05, 0.1) is 13.2 Å². The Bertz CT molecular complexity index is 863. The predicted octanol–water partition coefficient (Wildman–Crippen LogP) is 3.86. The summed E-state index contributed by atoms with van der Waals surface area (Å²) in [6.07, 6.45) is 16.0. The third kappa shape index (κ3) is 10.6. The average Bonchev–Trinajstić information content (AvgIpc) is 3.19. The number of aromatic nitrogens is 2. The Hall–Kier alpha value is -2.01. The van der Waals surface area contributed by atoms with Crippen molar-refractivity contribution in [2.45, 2.75) is 134 Å². The molecule has 1 fully saturated rings. The van der Waals surface area contributed by atoms with E-state index in [9.17, 15) is 24.9 Å². The van der Waals surface area contributed by atoms with Crippen LogP contribution in [0, 0.1) is 0 Å². The second-order valence-electron chi connectivity index (χ2n) is 10.4. The van der Waals surface area contributed by atoms with Crippen LogP contribution in [0.15, 0.2) is 11.0 Å². The summed E-state index contributed by atoms with van der Waals surface area (Å²) in [5.41, 5.74) is 4.77. The Balaban J connectivity index is 1.57. The molecule has 10 heteroatoms. The van der Waals surface area contributed by atoms with Gasteiger partial charge in [0.1, 0.15) is 29.7 Å². The first-order valence-corrected chi connectivity index (χ1v) is 14.6. The van der Waals surface area contributed by atoms with Gasteiger partial charge in [-0.25, -0.2) is 9.59 Å². The van der Waals surface area contributed by atoms with E-state index in [1.807, 2.05) is 0 Å². The molecule has 0 amide bonds. The summed E-state index contributed by atoms with van der Waals surface area (Å²) in [6, 6.07) is 0. The van der Waals surface area contributed by atoms with Gasteiger partial charge in [-0.05, 0) is 6.42 Å². The van der Waals surface area contributed by atoms with Crippen molar-refractivity contribution in [1.29, 1.82) is 0 Å². The van der Waals surface area contributed by atoms with Crippen LogP contribution in [0.2, 0.25) is 0 Å². The summed E-state index contributed by atoms with van der Waals surface area (Å²) in [6.45, 7) is 1.94. The molecule has 1 aliphatic rings. The monoisotopic (exact) mass is 539 g/mol. The highest BCUT2D eigenvalue weighted by Gasteiger charge is 2.44. The molecule has 10 nitrogen and oxygen atoms in total. The molecule has 1 aromatic heterocycles. The van der Waals surface area contributed by atoms with Gasteiger partial charge >= 0.3 is 11.7 Å². The molecule has 5 N–H and O–H groups in total. The maximum atomic E-state index is 12.5. The number of esters is 1. The number of aliphatic hydroxyl groups excluding tert-OH is 3. The van der Waals surface area contributed by atoms with Crippen LogP contribution < -0.4 is 11.4 Å². The topological polar surface area (TPSA) is 157 Å². The van der Waals surface area contributed by atoms with Gasteiger partial charge in [-0.15, -0.1) is 0 Å². The van der Waals surface area contributed by atoms with E-state index in [1.165, 1.54) is 83.5 Å². The van der Waals surface area contributed by atoms with Gasteiger partial charge in [0.15, 0.2) is 6.23 Å². The summed E-state index contributed by atoms with van der Waals surface area (Å²) in [5.74, 6) is -1.01. The minimum absolute atomic E-state index is 0.126. The molecule has 0 bridgehead atoms. The van der Waals surface area contributed by atoms with Crippen molar-refractivity contribution in [1.82, 2.24) is 9.55 Å². The number of anilines is 1. The molecule has 1 aliphatic heterocycles. The lowest BCUT2D eigenvalue weighted by Gasteiger charge is -2.18. The van der Waals surface area contributed by atoms with E-state index < -0.39 is 42.8 Å². The summed E-state index contributed by atoms with van der Waals surface area (Å²) >= 11 is 0. The van der Waals surface area contributed by atoms with E-state index in [4.69, 9.17) is 15.2 Å². The molecule has 1 saturated heterocycles. The van der Waals surface area contributed by atoms with Crippen LogP contribution in [0.5, 0.6) is 0 Å². The number of hydrogen-bond acceptors (Lipinski definition) is 9. The number of rotatable bonds is 20. The van der Waals surface area contributed by atoms with Gasteiger partial charge in [0.2, 0.25) is 0 Å². The molecule has 1 aromatic rings. The van der Waals surface area contributed by atoms with Gasteiger partial charge in [-0.3, -0.25) is 4.57 Å². The number of nitrogens with two attached hydrogens (primary N) is 1. The van der Waals surface area contributed by atoms with Crippen molar-refractivity contribution in [2.75, 3.05) is 18.9 Å². The summed E-state index contributed by atoms with van der Waals surface area (Å²) in [5, 5.41) is 29.4. The van der Waals surface area contributed by atoms with Crippen molar-refractivity contribution in [3.05, 3.63) is 22.2 Å². The largest absolute Gasteiger partial charge is 0.462 e. The summed E-state index contributed by atoms with van der Waals surface area (Å²) in [4.78, 5) is 28.4. The Kier molecular flexibility index (Phi) is 15.5. The van der Waals surface area contributed by atoms with Crippen LogP contribution in [0.25, 0.3) is 0 Å². The molecular weight excluding hydrogens is 490 g/mol. The maximum absolute atomic E-state index is 12.5. The standard InChI is InChI=1S/C28H49N3O7/c1-2-3-4-5-6-7-8-9-10-11-12-13-14-15-16-17-18-37-27(35)21-19-31(28(36)30-25(21)29)26-24(34)23(33)22(20-32)38-26/h19,22-24,26,32-34H,2-18,20H2,1H3,(H2,29,30,36)/t22-,23-,24+,26-/m1/s1. The number of nitrogens with zero attached hydrogens (tertiary/aromatic N) is 2. The predicted molar refractivity (Wildman–Crippen MR) is 146 cm³/mol. The van der Waals surface area contributed by atoms with Crippen LogP contribution in [-0.2, 0) is 9.47 Å². The first-order chi connectivity index (χ1) is 18.4. The fraction of sp³-hybridized carbons (Fsp3) is 0.821. The SMILES string of the molecule is CCCCCCCCCCCCCCCCCCOC(=O)c1cn([C@@H]2O[C@H](CO)[C@@H](O)[C@@H]2O)c(=O)nc1N. The molecule has 2 rings (SSSR count). The molecule has 0 aliphatic carbocycles. The quantitative estimate of drug-likeness (QED) is 0.143. The highest BCUT2D eigenvalue weighted by atomic mass is 16.6. The van der Waals surface area contributed by atoms with Crippen molar-refractivity contribution >= 4 is 11.8 Å². The summed E-state index contributed by atoms with van der Waals surface area (Å²) < 4.78 is 11.5. The molecule has 0 saturated carbocycles. The Morgan fingerprint density at radius 3 is 1.89 bits per heavy atom. The fourth-order valence-electron chi connectivity index (χ4n) is 4.82. The van der Waals surface area contributed by atoms with E-state index in [1.54, 1.807) is 0 Å². The zero-order chi connectivity index (χ0) is 27.8. The van der Waals surface area contributed by atoms with Gasteiger partial charge in [0.25, 0.3) is 0 Å². The fourth-order valence-corrected chi connectivity index (χ4v) is 4.82. The zero-order valence-corrected chi connectivity index (χ0v) is 23.1. The number of nitrogen functional groups attached to an aromatic ring is 1. The number of aliphatic hydroxyl groups is 3. The van der Waals surface area contributed by atoms with E-state index in [0.717, 1.165) is 30.0 Å². The van der Waals surface area contributed by atoms with Gasteiger partial charge in [0, 0.05) is 6.20 Å². The smallest absolute Gasteiger partial charge is 0.351 e. The average molecular weight is 540 g/mol. The molecular formula is C28H49N3O7. The van der Waals surface area contributed by atoms with Gasteiger partial charge < -0.3 is 30.5 Å². The number of unbranched alkanes of at least 4 members (excludes halogenated alkanes) is 15. The number of carbonyl (C=O) groups is 1. The lowest BCUT2D eigenvalue weighted by Crippen LogP contribution is -2.36. The molecule has 38 heavy (non-hydrogen) atoms. The first-order valence-electron chi connectivity index (χ1n) is 14.6. The van der Waals surface area contributed by atoms with Crippen molar-refractivity contribution in [2.24, 2.45) is 0 Å². The maximum Gasteiger partial charge on any atom is 0.351 e. The van der Waals surface area contributed by atoms with E-state index >= 15 is 0 Å². The highest BCUT2D eigenvalue weighted by molar-refractivity contribution is 5.93. The number of hydrogen-bond donors (Lipinski definition) is 4. The normalized spacial score (nSPS) is 21.2. The molecule has 0 radical (unpaired) electrons. The molecule has 218 valence electrons. The minimum Gasteiger partial charge on any atom is -0.462 e. The van der Waals surface area contributed by atoms with E-state index in [2.05, 4.69) is 11.9 Å². The van der Waals surface area contributed by atoms with Gasteiger partial charge in [-0.1, -0.05) is 103 Å². The second kappa shape index (κ2) is 18.3. The van der Waals surface area contributed by atoms with Crippen LogP contribution in [0.1, 0.15) is 126 Å².